The fraction of sp³-hybridized carbons (Fsp3) is 0.538. The molecule has 5 heteroatoms. The average molecular weight is 251 g/mol. The van der Waals surface area contributed by atoms with E-state index in [-0.39, 0.29) is 18.6 Å². The van der Waals surface area contributed by atoms with Crippen LogP contribution in [0.2, 0.25) is 0 Å². The van der Waals surface area contributed by atoms with Crippen LogP contribution in [0.3, 0.4) is 0 Å². The normalized spacial score (nSPS) is 10.5. The number of carbonyl (C=O) groups excluding carboxylic acids is 1. The summed E-state index contributed by atoms with van der Waals surface area (Å²) in [4.78, 5) is 18.0. The lowest BCUT2D eigenvalue weighted by Crippen LogP contribution is -2.39. The maximum atomic E-state index is 12.3. The van der Waals surface area contributed by atoms with Crippen molar-refractivity contribution in [1.29, 1.82) is 0 Å². The third-order valence-electron chi connectivity index (χ3n) is 2.59. The Morgan fingerprint density at radius 1 is 1.56 bits per heavy atom. The number of nitrogens with one attached hydrogen (secondary N) is 1. The van der Waals surface area contributed by atoms with Gasteiger partial charge in [0.25, 0.3) is 5.91 Å². The standard InChI is InChI=1S/C13H21N3O2/c1-4-14-11-5-6-15-12(9-11)13(18)16(7-8-17)10(2)3/h5-6,9-10,17H,4,7-8H2,1-3H3,(H,14,15). The van der Waals surface area contributed by atoms with Gasteiger partial charge in [0.15, 0.2) is 0 Å². The summed E-state index contributed by atoms with van der Waals surface area (Å²) in [6, 6.07) is 3.60. The van der Waals surface area contributed by atoms with E-state index in [4.69, 9.17) is 5.11 Å². The molecule has 1 amide bonds. The van der Waals surface area contributed by atoms with Gasteiger partial charge in [-0.3, -0.25) is 9.78 Å². The highest BCUT2D eigenvalue weighted by atomic mass is 16.3. The van der Waals surface area contributed by atoms with Crippen molar-refractivity contribution < 1.29 is 9.90 Å². The van der Waals surface area contributed by atoms with Crippen molar-refractivity contribution in [3.05, 3.63) is 24.0 Å². The molecule has 1 heterocycles. The summed E-state index contributed by atoms with van der Waals surface area (Å²) in [5, 5.41) is 12.1. The Labute approximate surface area is 108 Å². The summed E-state index contributed by atoms with van der Waals surface area (Å²) in [5.74, 6) is -0.154. The lowest BCUT2D eigenvalue weighted by atomic mass is 10.2. The second-order valence-electron chi connectivity index (χ2n) is 4.28. The molecule has 0 unspecified atom stereocenters. The number of carbonyl (C=O) groups is 1. The number of rotatable bonds is 6. The highest BCUT2D eigenvalue weighted by Crippen LogP contribution is 2.11. The van der Waals surface area contributed by atoms with E-state index in [0.29, 0.717) is 12.2 Å². The molecule has 0 aliphatic carbocycles. The van der Waals surface area contributed by atoms with Crippen molar-refractivity contribution in [2.45, 2.75) is 26.8 Å². The maximum Gasteiger partial charge on any atom is 0.272 e. The number of hydrogen-bond acceptors (Lipinski definition) is 4. The molecular weight excluding hydrogens is 230 g/mol. The first-order valence-corrected chi connectivity index (χ1v) is 6.21. The maximum absolute atomic E-state index is 12.3. The Balaban J connectivity index is 2.90. The summed E-state index contributed by atoms with van der Waals surface area (Å²) < 4.78 is 0. The SMILES string of the molecule is CCNc1ccnc(C(=O)N(CCO)C(C)C)c1. The minimum atomic E-state index is -0.154. The molecule has 0 atom stereocenters. The lowest BCUT2D eigenvalue weighted by Gasteiger charge is -2.25. The first kappa shape index (κ1) is 14.4. The lowest BCUT2D eigenvalue weighted by molar-refractivity contribution is 0.0659. The van der Waals surface area contributed by atoms with Gasteiger partial charge in [-0.2, -0.15) is 0 Å². The highest BCUT2D eigenvalue weighted by Gasteiger charge is 2.19. The van der Waals surface area contributed by atoms with Crippen LogP contribution in [-0.2, 0) is 0 Å². The van der Waals surface area contributed by atoms with Gasteiger partial charge in [-0.1, -0.05) is 0 Å². The van der Waals surface area contributed by atoms with Gasteiger partial charge < -0.3 is 15.3 Å². The van der Waals surface area contributed by atoms with Crippen LogP contribution in [0.15, 0.2) is 18.3 Å². The van der Waals surface area contributed by atoms with Crippen molar-refractivity contribution in [2.75, 3.05) is 25.0 Å². The molecule has 0 saturated heterocycles. The molecule has 2 N–H and O–H groups in total. The number of amides is 1. The van der Waals surface area contributed by atoms with Crippen LogP contribution in [0.4, 0.5) is 5.69 Å². The van der Waals surface area contributed by atoms with Gasteiger partial charge in [-0.25, -0.2) is 0 Å². The average Bonchev–Trinajstić information content (AvgIpc) is 2.35. The van der Waals surface area contributed by atoms with Gasteiger partial charge in [0, 0.05) is 31.0 Å². The zero-order chi connectivity index (χ0) is 13.5. The molecular formula is C13H21N3O2. The molecule has 18 heavy (non-hydrogen) atoms. The summed E-state index contributed by atoms with van der Waals surface area (Å²) >= 11 is 0. The van der Waals surface area contributed by atoms with E-state index in [2.05, 4.69) is 10.3 Å². The first-order valence-electron chi connectivity index (χ1n) is 6.21. The van der Waals surface area contributed by atoms with Crippen LogP contribution >= 0.6 is 0 Å². The predicted octanol–water partition coefficient (Wildman–Crippen LogP) is 1.36. The summed E-state index contributed by atoms with van der Waals surface area (Å²) in [6.07, 6.45) is 1.61. The van der Waals surface area contributed by atoms with E-state index in [9.17, 15) is 4.79 Å². The number of aromatic nitrogens is 1. The van der Waals surface area contributed by atoms with E-state index in [1.54, 1.807) is 17.2 Å². The molecule has 1 aromatic rings. The topological polar surface area (TPSA) is 65.5 Å². The summed E-state index contributed by atoms with van der Waals surface area (Å²) in [5.41, 5.74) is 1.28. The number of nitrogens with zero attached hydrogens (tertiary/aromatic N) is 2. The molecule has 100 valence electrons. The van der Waals surface area contributed by atoms with Gasteiger partial charge in [-0.05, 0) is 32.9 Å². The molecule has 0 radical (unpaired) electrons. The van der Waals surface area contributed by atoms with E-state index >= 15 is 0 Å². The zero-order valence-corrected chi connectivity index (χ0v) is 11.2. The molecule has 0 fully saturated rings. The van der Waals surface area contributed by atoms with Gasteiger partial charge in [0.2, 0.25) is 0 Å². The molecule has 0 aliphatic rings. The second kappa shape index (κ2) is 6.96. The van der Waals surface area contributed by atoms with Crippen molar-refractivity contribution in [3.8, 4) is 0 Å². The van der Waals surface area contributed by atoms with Crippen LogP contribution in [0.25, 0.3) is 0 Å². The molecule has 5 nitrogen and oxygen atoms in total. The molecule has 0 bridgehead atoms. The minimum Gasteiger partial charge on any atom is -0.395 e. The largest absolute Gasteiger partial charge is 0.395 e. The first-order chi connectivity index (χ1) is 8.60. The zero-order valence-electron chi connectivity index (χ0n) is 11.2. The monoisotopic (exact) mass is 251 g/mol. The Hall–Kier alpha value is -1.62. The molecule has 0 spiro atoms. The van der Waals surface area contributed by atoms with E-state index in [0.717, 1.165) is 12.2 Å². The third kappa shape index (κ3) is 3.70. The van der Waals surface area contributed by atoms with E-state index < -0.39 is 0 Å². The van der Waals surface area contributed by atoms with E-state index in [1.165, 1.54) is 0 Å². The van der Waals surface area contributed by atoms with Crippen LogP contribution in [0.1, 0.15) is 31.3 Å². The Kier molecular flexibility index (Phi) is 5.58. The van der Waals surface area contributed by atoms with Crippen LogP contribution in [0.5, 0.6) is 0 Å². The molecule has 1 aromatic heterocycles. The molecule has 0 aromatic carbocycles. The number of pyridine rings is 1. The van der Waals surface area contributed by atoms with Gasteiger partial charge >= 0.3 is 0 Å². The van der Waals surface area contributed by atoms with Crippen molar-refractivity contribution in [3.63, 3.8) is 0 Å². The van der Waals surface area contributed by atoms with Crippen molar-refractivity contribution >= 4 is 11.6 Å². The number of aliphatic hydroxyl groups excluding tert-OH is 1. The smallest absolute Gasteiger partial charge is 0.272 e. The van der Waals surface area contributed by atoms with Crippen LogP contribution in [-0.4, -0.2) is 46.6 Å². The summed E-state index contributed by atoms with van der Waals surface area (Å²) in [7, 11) is 0. The number of aliphatic hydroxyl groups is 1. The third-order valence-corrected chi connectivity index (χ3v) is 2.59. The second-order valence-corrected chi connectivity index (χ2v) is 4.28. The fourth-order valence-electron chi connectivity index (χ4n) is 1.71. The molecule has 1 rings (SSSR count). The van der Waals surface area contributed by atoms with Gasteiger partial charge in [0.05, 0.1) is 6.61 Å². The Morgan fingerprint density at radius 2 is 2.28 bits per heavy atom. The van der Waals surface area contributed by atoms with Crippen LogP contribution in [0, 0.1) is 0 Å². The quantitative estimate of drug-likeness (QED) is 0.801. The molecule has 0 aliphatic heterocycles. The molecule has 0 saturated carbocycles. The van der Waals surface area contributed by atoms with Gasteiger partial charge in [-0.15, -0.1) is 0 Å². The van der Waals surface area contributed by atoms with Crippen molar-refractivity contribution in [1.82, 2.24) is 9.88 Å². The predicted molar refractivity (Wildman–Crippen MR) is 71.7 cm³/mol. The highest BCUT2D eigenvalue weighted by molar-refractivity contribution is 5.93. The van der Waals surface area contributed by atoms with Crippen LogP contribution < -0.4 is 5.32 Å². The van der Waals surface area contributed by atoms with E-state index in [1.807, 2.05) is 26.8 Å². The fourth-order valence-corrected chi connectivity index (χ4v) is 1.71. The van der Waals surface area contributed by atoms with Gasteiger partial charge in [0.1, 0.15) is 5.69 Å². The number of hydrogen-bond donors (Lipinski definition) is 2. The Morgan fingerprint density at radius 3 is 2.83 bits per heavy atom. The minimum absolute atomic E-state index is 0.0363. The Bertz CT molecular complexity index is 394. The summed E-state index contributed by atoms with van der Waals surface area (Å²) in [6.45, 7) is 6.90. The number of anilines is 1. The van der Waals surface area contributed by atoms with Crippen molar-refractivity contribution in [2.24, 2.45) is 0 Å².